The lowest BCUT2D eigenvalue weighted by Crippen LogP contribution is -2.43. The van der Waals surface area contributed by atoms with Crippen LogP contribution in [0.4, 0.5) is 0 Å². The second-order valence-corrected chi connectivity index (χ2v) is 7.77. The number of likely N-dealkylation sites (tertiary alicyclic amines) is 1. The van der Waals surface area contributed by atoms with E-state index in [0.29, 0.717) is 12.4 Å². The third-order valence-corrected chi connectivity index (χ3v) is 4.39. The molecule has 1 saturated heterocycles. The van der Waals surface area contributed by atoms with E-state index >= 15 is 0 Å². The number of aliphatic imine (C=N–C) groups is 1. The van der Waals surface area contributed by atoms with E-state index in [4.69, 9.17) is 4.42 Å². The summed E-state index contributed by atoms with van der Waals surface area (Å²) >= 11 is 0. The van der Waals surface area contributed by atoms with Gasteiger partial charge in [0.2, 0.25) is 5.89 Å². The second-order valence-electron chi connectivity index (χ2n) is 7.77. The Labute approximate surface area is 169 Å². The standard InChI is InChI=1S/C18H33N5O.HI/c1-14-7-6-9-23(13-14)10-8-20-17(19-5)22-12-16-21-11-15(24-16)18(2,3)4;/h11,14H,6-10,12-13H2,1-5H3,(H2,19,20,22);1H. The van der Waals surface area contributed by atoms with Crippen molar-refractivity contribution in [1.29, 1.82) is 0 Å². The van der Waals surface area contributed by atoms with Gasteiger partial charge in [0.1, 0.15) is 5.76 Å². The van der Waals surface area contributed by atoms with Crippen molar-refractivity contribution >= 4 is 29.9 Å². The minimum atomic E-state index is -0.0171. The van der Waals surface area contributed by atoms with Crippen molar-refractivity contribution in [3.05, 3.63) is 17.8 Å². The van der Waals surface area contributed by atoms with Gasteiger partial charge in [0, 0.05) is 32.1 Å². The van der Waals surface area contributed by atoms with E-state index in [2.05, 4.69) is 53.2 Å². The maximum atomic E-state index is 5.79. The lowest BCUT2D eigenvalue weighted by atomic mass is 9.94. The highest BCUT2D eigenvalue weighted by molar-refractivity contribution is 14.0. The zero-order valence-electron chi connectivity index (χ0n) is 16.3. The topological polar surface area (TPSA) is 65.7 Å². The molecule has 1 aliphatic heterocycles. The average molecular weight is 463 g/mol. The van der Waals surface area contributed by atoms with Gasteiger partial charge >= 0.3 is 0 Å². The highest BCUT2D eigenvalue weighted by Crippen LogP contribution is 2.22. The Hall–Kier alpha value is -0.830. The molecule has 0 bridgehead atoms. The van der Waals surface area contributed by atoms with Crippen LogP contribution in [0, 0.1) is 5.92 Å². The van der Waals surface area contributed by atoms with E-state index in [0.717, 1.165) is 30.7 Å². The van der Waals surface area contributed by atoms with E-state index in [1.165, 1.54) is 25.9 Å². The summed E-state index contributed by atoms with van der Waals surface area (Å²) in [5.41, 5.74) is -0.0171. The molecule has 6 nitrogen and oxygen atoms in total. The molecule has 2 heterocycles. The van der Waals surface area contributed by atoms with E-state index in [1.54, 1.807) is 7.05 Å². The fraction of sp³-hybridized carbons (Fsp3) is 0.778. The molecule has 7 heteroatoms. The molecule has 1 unspecified atom stereocenters. The Balaban J connectivity index is 0.00000312. The molecule has 2 rings (SSSR count). The quantitative estimate of drug-likeness (QED) is 0.400. The number of hydrogen-bond acceptors (Lipinski definition) is 4. The second kappa shape index (κ2) is 10.4. The monoisotopic (exact) mass is 463 g/mol. The van der Waals surface area contributed by atoms with Gasteiger partial charge in [-0.2, -0.15) is 0 Å². The minimum Gasteiger partial charge on any atom is -0.443 e. The fourth-order valence-corrected chi connectivity index (χ4v) is 2.94. The molecule has 1 aromatic rings. The normalized spacial score (nSPS) is 19.4. The van der Waals surface area contributed by atoms with Crippen LogP contribution in [0.1, 0.15) is 52.2 Å². The highest BCUT2D eigenvalue weighted by Gasteiger charge is 2.19. The number of nitrogens with one attached hydrogen (secondary N) is 2. The average Bonchev–Trinajstić information content (AvgIpc) is 3.00. The Morgan fingerprint density at radius 3 is 2.76 bits per heavy atom. The maximum Gasteiger partial charge on any atom is 0.213 e. The molecule has 0 radical (unpaired) electrons. The SMILES string of the molecule is CN=C(NCCN1CCCC(C)C1)NCc1ncc(C(C)(C)C)o1.I. The van der Waals surface area contributed by atoms with E-state index < -0.39 is 0 Å². The molecule has 0 amide bonds. The summed E-state index contributed by atoms with van der Waals surface area (Å²) in [4.78, 5) is 11.1. The number of halogens is 1. The third kappa shape index (κ3) is 7.52. The number of piperidine rings is 1. The number of guanidine groups is 1. The summed E-state index contributed by atoms with van der Waals surface area (Å²) in [6, 6.07) is 0. The van der Waals surface area contributed by atoms with Crippen LogP contribution in [-0.4, -0.2) is 49.1 Å². The number of aromatic nitrogens is 1. The summed E-state index contributed by atoms with van der Waals surface area (Å²) in [5, 5.41) is 6.63. The molecule has 2 N–H and O–H groups in total. The molecule has 0 spiro atoms. The predicted octanol–water partition coefficient (Wildman–Crippen LogP) is 2.99. The fourth-order valence-electron chi connectivity index (χ4n) is 2.94. The zero-order valence-corrected chi connectivity index (χ0v) is 18.6. The van der Waals surface area contributed by atoms with Crippen LogP contribution in [0.3, 0.4) is 0 Å². The highest BCUT2D eigenvalue weighted by atomic mass is 127. The van der Waals surface area contributed by atoms with Gasteiger partial charge < -0.3 is 20.0 Å². The Kier molecular flexibility index (Phi) is 9.20. The zero-order chi connectivity index (χ0) is 17.6. The van der Waals surface area contributed by atoms with Crippen LogP contribution in [0.15, 0.2) is 15.6 Å². The van der Waals surface area contributed by atoms with Crippen LogP contribution < -0.4 is 10.6 Å². The van der Waals surface area contributed by atoms with Gasteiger partial charge in [-0.15, -0.1) is 24.0 Å². The largest absolute Gasteiger partial charge is 0.443 e. The summed E-state index contributed by atoms with van der Waals surface area (Å²) in [5.74, 6) is 3.20. The minimum absolute atomic E-state index is 0. The molecule has 0 aromatic carbocycles. The van der Waals surface area contributed by atoms with Gasteiger partial charge in [-0.25, -0.2) is 4.98 Å². The molecule has 0 saturated carbocycles. The van der Waals surface area contributed by atoms with Gasteiger partial charge in [0.15, 0.2) is 5.96 Å². The van der Waals surface area contributed by atoms with Crippen molar-refractivity contribution in [2.24, 2.45) is 10.9 Å². The lowest BCUT2D eigenvalue weighted by Gasteiger charge is -2.30. The van der Waals surface area contributed by atoms with Gasteiger partial charge in [0.05, 0.1) is 12.7 Å². The summed E-state index contributed by atoms with van der Waals surface area (Å²) in [7, 11) is 1.79. The van der Waals surface area contributed by atoms with E-state index in [1.807, 2.05) is 6.20 Å². The number of nitrogens with zero attached hydrogens (tertiary/aromatic N) is 3. The first kappa shape index (κ1) is 22.2. The Bertz CT molecular complexity index is 538. The number of rotatable bonds is 5. The van der Waals surface area contributed by atoms with Gasteiger partial charge in [-0.05, 0) is 25.3 Å². The maximum absolute atomic E-state index is 5.79. The van der Waals surface area contributed by atoms with Crippen LogP contribution in [0.5, 0.6) is 0 Å². The molecule has 1 aliphatic rings. The molecule has 1 aromatic heterocycles. The first-order valence-corrected chi connectivity index (χ1v) is 9.00. The van der Waals surface area contributed by atoms with Crippen molar-refractivity contribution in [1.82, 2.24) is 20.5 Å². The molecule has 25 heavy (non-hydrogen) atoms. The van der Waals surface area contributed by atoms with Crippen LogP contribution in [-0.2, 0) is 12.0 Å². The van der Waals surface area contributed by atoms with Crippen LogP contribution in [0.2, 0.25) is 0 Å². The molecule has 144 valence electrons. The van der Waals surface area contributed by atoms with Crippen molar-refractivity contribution < 1.29 is 4.42 Å². The van der Waals surface area contributed by atoms with Crippen molar-refractivity contribution in [3.8, 4) is 0 Å². The number of oxazole rings is 1. The number of hydrogen-bond donors (Lipinski definition) is 2. The molecule has 1 fully saturated rings. The van der Waals surface area contributed by atoms with Gasteiger partial charge in [-0.3, -0.25) is 4.99 Å². The van der Waals surface area contributed by atoms with Crippen molar-refractivity contribution in [2.75, 3.05) is 33.2 Å². The molecular formula is C18H34IN5O. The Morgan fingerprint density at radius 2 is 2.16 bits per heavy atom. The predicted molar refractivity (Wildman–Crippen MR) is 114 cm³/mol. The molecular weight excluding hydrogens is 429 g/mol. The summed E-state index contributed by atoms with van der Waals surface area (Å²) in [6.07, 6.45) is 4.49. The third-order valence-electron chi connectivity index (χ3n) is 4.39. The Morgan fingerprint density at radius 1 is 1.40 bits per heavy atom. The molecule has 0 aliphatic carbocycles. The van der Waals surface area contributed by atoms with Crippen LogP contribution >= 0.6 is 24.0 Å². The first-order chi connectivity index (χ1) is 11.4. The van der Waals surface area contributed by atoms with Crippen LogP contribution in [0.25, 0.3) is 0 Å². The van der Waals surface area contributed by atoms with Gasteiger partial charge in [-0.1, -0.05) is 27.7 Å². The summed E-state index contributed by atoms with van der Waals surface area (Å²) in [6.45, 7) is 13.6. The van der Waals surface area contributed by atoms with Crippen molar-refractivity contribution in [3.63, 3.8) is 0 Å². The lowest BCUT2D eigenvalue weighted by molar-refractivity contribution is 0.187. The van der Waals surface area contributed by atoms with Gasteiger partial charge in [0.25, 0.3) is 0 Å². The smallest absolute Gasteiger partial charge is 0.213 e. The van der Waals surface area contributed by atoms with E-state index in [-0.39, 0.29) is 29.4 Å². The first-order valence-electron chi connectivity index (χ1n) is 9.00. The molecule has 1 atom stereocenters. The summed E-state index contributed by atoms with van der Waals surface area (Å²) < 4.78 is 5.79. The van der Waals surface area contributed by atoms with E-state index in [9.17, 15) is 0 Å². The van der Waals surface area contributed by atoms with Crippen molar-refractivity contribution in [2.45, 2.75) is 52.5 Å².